The van der Waals surface area contributed by atoms with Gasteiger partial charge in [0.25, 0.3) is 0 Å². The second-order valence-corrected chi connectivity index (χ2v) is 4.96. The van der Waals surface area contributed by atoms with Gasteiger partial charge in [-0.1, -0.05) is 15.9 Å². The summed E-state index contributed by atoms with van der Waals surface area (Å²) < 4.78 is 5.54. The van der Waals surface area contributed by atoms with E-state index in [1.165, 1.54) is 7.11 Å². The lowest BCUT2D eigenvalue weighted by Crippen LogP contribution is -2.31. The highest BCUT2D eigenvalue weighted by Crippen LogP contribution is 2.22. The molecule has 0 amide bonds. The third kappa shape index (κ3) is 3.47. The van der Waals surface area contributed by atoms with Gasteiger partial charge in [-0.2, -0.15) is 5.26 Å². The summed E-state index contributed by atoms with van der Waals surface area (Å²) in [5, 5.41) is 12.2. The van der Waals surface area contributed by atoms with Gasteiger partial charge in [0.2, 0.25) is 0 Å². The van der Waals surface area contributed by atoms with E-state index in [0.717, 1.165) is 4.47 Å². The summed E-state index contributed by atoms with van der Waals surface area (Å²) in [5.41, 5.74) is 1.25. The highest BCUT2D eigenvalue weighted by Gasteiger charge is 2.21. The number of rotatable bonds is 4. The molecule has 1 aromatic carbocycles. The molecule has 4 nitrogen and oxygen atoms in total. The van der Waals surface area contributed by atoms with Crippen molar-refractivity contribution in [1.82, 2.24) is 0 Å². The molecule has 0 bridgehead atoms. The monoisotopic (exact) mass is 310 g/mol. The van der Waals surface area contributed by atoms with Crippen LogP contribution < -0.4 is 5.32 Å². The van der Waals surface area contributed by atoms with Gasteiger partial charge in [-0.15, -0.1) is 0 Å². The molecular weight excluding hydrogens is 296 g/mol. The first kappa shape index (κ1) is 14.5. The molecule has 0 radical (unpaired) electrons. The van der Waals surface area contributed by atoms with E-state index in [4.69, 9.17) is 10.00 Å². The maximum absolute atomic E-state index is 11.4. The van der Waals surface area contributed by atoms with E-state index in [9.17, 15) is 4.79 Å². The van der Waals surface area contributed by atoms with Crippen molar-refractivity contribution >= 4 is 27.6 Å². The van der Waals surface area contributed by atoms with E-state index in [1.54, 1.807) is 13.0 Å². The normalized spacial score (nSPS) is 13.3. The topological polar surface area (TPSA) is 62.1 Å². The summed E-state index contributed by atoms with van der Waals surface area (Å²) in [6, 6.07) is 7.38. The number of halogens is 1. The Bertz CT molecular complexity index is 482. The largest absolute Gasteiger partial charge is 0.469 e. The molecule has 2 unspecified atom stereocenters. The van der Waals surface area contributed by atoms with Crippen molar-refractivity contribution in [3.63, 3.8) is 0 Å². The quantitative estimate of drug-likeness (QED) is 0.869. The number of nitriles is 1. The van der Waals surface area contributed by atoms with E-state index in [0.29, 0.717) is 11.3 Å². The number of nitrogens with zero attached hydrogens (tertiary/aromatic N) is 1. The van der Waals surface area contributed by atoms with Gasteiger partial charge in [-0.05, 0) is 32.0 Å². The molecule has 0 aliphatic rings. The van der Waals surface area contributed by atoms with Crippen LogP contribution in [0.25, 0.3) is 0 Å². The summed E-state index contributed by atoms with van der Waals surface area (Å²) in [7, 11) is 1.37. The minimum absolute atomic E-state index is 0.120. The van der Waals surface area contributed by atoms with E-state index >= 15 is 0 Å². The zero-order valence-electron chi connectivity index (χ0n) is 10.5. The molecule has 0 aliphatic carbocycles. The van der Waals surface area contributed by atoms with E-state index in [2.05, 4.69) is 27.3 Å². The Morgan fingerprint density at radius 3 is 2.72 bits per heavy atom. The molecule has 5 heteroatoms. The number of carbonyl (C=O) groups is 1. The maximum atomic E-state index is 11.4. The number of hydrogen-bond acceptors (Lipinski definition) is 4. The van der Waals surface area contributed by atoms with Crippen LogP contribution in [0.1, 0.15) is 19.4 Å². The molecule has 18 heavy (non-hydrogen) atoms. The molecule has 0 aliphatic heterocycles. The van der Waals surface area contributed by atoms with Crippen LogP contribution in [0.4, 0.5) is 5.69 Å². The first-order chi connectivity index (χ1) is 8.49. The highest BCUT2D eigenvalue weighted by atomic mass is 79.9. The minimum atomic E-state index is -0.287. The van der Waals surface area contributed by atoms with Crippen LogP contribution in [-0.2, 0) is 9.53 Å². The number of carbonyl (C=O) groups excluding carboxylic acids is 1. The van der Waals surface area contributed by atoms with Crippen molar-refractivity contribution in [2.24, 2.45) is 5.92 Å². The zero-order valence-corrected chi connectivity index (χ0v) is 12.1. The van der Waals surface area contributed by atoms with Gasteiger partial charge >= 0.3 is 5.97 Å². The van der Waals surface area contributed by atoms with Crippen LogP contribution in [0.2, 0.25) is 0 Å². The number of nitrogens with one attached hydrogen (secondary N) is 1. The zero-order chi connectivity index (χ0) is 13.7. The summed E-state index contributed by atoms with van der Waals surface area (Å²) in [5.74, 6) is -0.559. The van der Waals surface area contributed by atoms with E-state index < -0.39 is 0 Å². The fourth-order valence-corrected chi connectivity index (χ4v) is 1.86. The summed E-state index contributed by atoms with van der Waals surface area (Å²) in [6.07, 6.45) is 0. The SMILES string of the molecule is COC(=O)C(C)C(C)Nc1ccc(Br)cc1C#N. The molecule has 0 saturated heterocycles. The minimum Gasteiger partial charge on any atom is -0.469 e. The second-order valence-electron chi connectivity index (χ2n) is 4.05. The molecule has 1 rings (SSSR count). The van der Waals surface area contributed by atoms with Gasteiger partial charge < -0.3 is 10.1 Å². The summed E-state index contributed by atoms with van der Waals surface area (Å²) in [6.45, 7) is 3.67. The summed E-state index contributed by atoms with van der Waals surface area (Å²) >= 11 is 3.31. The number of anilines is 1. The number of hydrogen-bond donors (Lipinski definition) is 1. The standard InChI is InChI=1S/C13H15BrN2O2/c1-8(13(17)18-3)9(2)16-12-5-4-11(14)6-10(12)7-15/h4-6,8-9,16H,1-3H3. The van der Waals surface area contributed by atoms with Crippen molar-refractivity contribution < 1.29 is 9.53 Å². The molecule has 96 valence electrons. The van der Waals surface area contributed by atoms with Crippen LogP contribution in [-0.4, -0.2) is 19.1 Å². The van der Waals surface area contributed by atoms with Gasteiger partial charge in [-0.3, -0.25) is 4.79 Å². The maximum Gasteiger partial charge on any atom is 0.310 e. The average Bonchev–Trinajstić information content (AvgIpc) is 2.38. The Hall–Kier alpha value is -1.54. The molecule has 0 aromatic heterocycles. The number of esters is 1. The first-order valence-corrected chi connectivity index (χ1v) is 6.33. The van der Waals surface area contributed by atoms with Crippen LogP contribution in [0.3, 0.4) is 0 Å². The van der Waals surface area contributed by atoms with Gasteiger partial charge in [0, 0.05) is 10.5 Å². The Morgan fingerprint density at radius 1 is 1.50 bits per heavy atom. The van der Waals surface area contributed by atoms with Crippen LogP contribution in [0, 0.1) is 17.2 Å². The smallest absolute Gasteiger partial charge is 0.310 e. The Kier molecular flexibility index (Phi) is 5.17. The molecule has 0 saturated carbocycles. The fourth-order valence-electron chi connectivity index (χ4n) is 1.50. The Balaban J connectivity index is 2.85. The predicted molar refractivity (Wildman–Crippen MR) is 73.1 cm³/mol. The van der Waals surface area contributed by atoms with Crippen molar-refractivity contribution in [2.75, 3.05) is 12.4 Å². The Labute approximate surface area is 115 Å². The lowest BCUT2D eigenvalue weighted by molar-refractivity contribution is -0.145. The molecule has 1 N–H and O–H groups in total. The van der Waals surface area contributed by atoms with Crippen LogP contribution >= 0.6 is 15.9 Å². The first-order valence-electron chi connectivity index (χ1n) is 5.53. The molecular formula is C13H15BrN2O2. The second kappa shape index (κ2) is 6.41. The van der Waals surface area contributed by atoms with Crippen LogP contribution in [0.15, 0.2) is 22.7 Å². The van der Waals surface area contributed by atoms with E-state index in [1.807, 2.05) is 19.1 Å². The third-order valence-electron chi connectivity index (χ3n) is 2.81. The number of ether oxygens (including phenoxy) is 1. The third-order valence-corrected chi connectivity index (χ3v) is 3.30. The molecule has 0 fully saturated rings. The Morgan fingerprint density at radius 2 is 2.17 bits per heavy atom. The molecule has 0 spiro atoms. The number of benzene rings is 1. The summed E-state index contributed by atoms with van der Waals surface area (Å²) in [4.78, 5) is 11.4. The van der Waals surface area contributed by atoms with Gasteiger partial charge in [0.05, 0.1) is 24.3 Å². The van der Waals surface area contributed by atoms with Crippen molar-refractivity contribution in [1.29, 1.82) is 5.26 Å². The lowest BCUT2D eigenvalue weighted by atomic mass is 10.0. The number of methoxy groups -OCH3 is 1. The molecule has 2 atom stereocenters. The fraction of sp³-hybridized carbons (Fsp3) is 0.385. The van der Waals surface area contributed by atoms with Crippen molar-refractivity contribution in [3.8, 4) is 6.07 Å². The van der Waals surface area contributed by atoms with Crippen molar-refractivity contribution in [3.05, 3.63) is 28.2 Å². The average molecular weight is 311 g/mol. The van der Waals surface area contributed by atoms with Gasteiger partial charge in [-0.25, -0.2) is 0 Å². The highest BCUT2D eigenvalue weighted by molar-refractivity contribution is 9.10. The van der Waals surface area contributed by atoms with E-state index in [-0.39, 0.29) is 17.9 Å². The lowest BCUT2D eigenvalue weighted by Gasteiger charge is -2.21. The van der Waals surface area contributed by atoms with Gasteiger partial charge in [0.15, 0.2) is 0 Å². The van der Waals surface area contributed by atoms with Crippen LogP contribution in [0.5, 0.6) is 0 Å². The van der Waals surface area contributed by atoms with Crippen molar-refractivity contribution in [2.45, 2.75) is 19.9 Å². The molecule has 0 heterocycles. The molecule has 1 aromatic rings. The van der Waals surface area contributed by atoms with Gasteiger partial charge in [0.1, 0.15) is 6.07 Å². The predicted octanol–water partition coefficient (Wildman–Crippen LogP) is 2.93.